The van der Waals surface area contributed by atoms with Gasteiger partial charge in [0.1, 0.15) is 0 Å². The van der Waals surface area contributed by atoms with Crippen LogP contribution in [0.4, 0.5) is 0 Å². The van der Waals surface area contributed by atoms with Crippen LogP contribution in [0.3, 0.4) is 0 Å². The zero-order valence-electron chi connectivity index (χ0n) is 9.62. The molecule has 1 aromatic rings. The molecule has 0 radical (unpaired) electrons. The summed E-state index contributed by atoms with van der Waals surface area (Å²) < 4.78 is 4.77. The number of hydrogen-bond donors (Lipinski definition) is 0. The van der Waals surface area contributed by atoms with Crippen molar-refractivity contribution in [1.29, 1.82) is 0 Å². The predicted octanol–water partition coefficient (Wildman–Crippen LogP) is 1.25. The van der Waals surface area contributed by atoms with E-state index in [2.05, 4.69) is 4.84 Å². The summed E-state index contributed by atoms with van der Waals surface area (Å²) in [6.45, 7) is 1.30. The molecular formula is C11H11NO6. The van der Waals surface area contributed by atoms with Gasteiger partial charge in [0.25, 0.3) is 5.09 Å². The summed E-state index contributed by atoms with van der Waals surface area (Å²) >= 11 is 0. The maximum atomic E-state index is 11.4. The maximum absolute atomic E-state index is 11.4. The van der Waals surface area contributed by atoms with Gasteiger partial charge in [-0.25, -0.2) is 4.79 Å². The molecule has 1 aromatic carbocycles. The maximum Gasteiger partial charge on any atom is 0.338 e. The third-order valence-corrected chi connectivity index (χ3v) is 2.02. The average Bonchev–Trinajstić information content (AvgIpc) is 2.36. The van der Waals surface area contributed by atoms with Crippen molar-refractivity contribution in [3.63, 3.8) is 0 Å². The highest BCUT2D eigenvalue weighted by atomic mass is 16.9. The molecular weight excluding hydrogens is 242 g/mol. The number of ether oxygens (including phenoxy) is 1. The van der Waals surface area contributed by atoms with E-state index in [0.29, 0.717) is 5.56 Å². The smallest absolute Gasteiger partial charge is 0.338 e. The molecule has 0 aliphatic heterocycles. The van der Waals surface area contributed by atoms with Gasteiger partial charge in [-0.3, -0.25) is 4.79 Å². The first-order valence-corrected chi connectivity index (χ1v) is 5.12. The highest BCUT2D eigenvalue weighted by Gasteiger charge is 2.10. The highest BCUT2D eigenvalue weighted by Crippen LogP contribution is 2.07. The van der Waals surface area contributed by atoms with Crippen LogP contribution < -0.4 is 0 Å². The molecule has 0 aliphatic carbocycles. The number of nitrogens with zero attached hydrogens (tertiary/aromatic N) is 1. The summed E-state index contributed by atoms with van der Waals surface area (Å²) in [5.74, 6) is -1.03. The molecule has 7 heteroatoms. The van der Waals surface area contributed by atoms with Crippen LogP contribution >= 0.6 is 0 Å². The second kappa shape index (κ2) is 6.33. The lowest BCUT2D eigenvalue weighted by Gasteiger charge is -2.03. The first-order valence-electron chi connectivity index (χ1n) is 5.12. The van der Waals surface area contributed by atoms with Crippen LogP contribution in [0.2, 0.25) is 0 Å². The van der Waals surface area contributed by atoms with Gasteiger partial charge < -0.3 is 9.57 Å². The van der Waals surface area contributed by atoms with E-state index >= 15 is 0 Å². The van der Waals surface area contributed by atoms with Gasteiger partial charge in [-0.15, -0.1) is 10.1 Å². The SMILES string of the molecule is CCOC(=O)c1ccc(C(=O)CO[N+](=O)[O-])cc1. The van der Waals surface area contributed by atoms with Crippen molar-refractivity contribution in [2.24, 2.45) is 0 Å². The summed E-state index contributed by atoms with van der Waals surface area (Å²) in [4.78, 5) is 36.6. The number of ketones is 1. The number of benzene rings is 1. The summed E-state index contributed by atoms with van der Waals surface area (Å²) in [5, 5.41) is 8.88. The number of carbonyl (C=O) groups excluding carboxylic acids is 2. The van der Waals surface area contributed by atoms with E-state index in [1.54, 1.807) is 6.92 Å². The number of Topliss-reactive ketones (excluding diaryl/α,β-unsaturated/α-hetero) is 1. The molecule has 0 unspecified atom stereocenters. The molecule has 1 rings (SSSR count). The Bertz CT molecular complexity index is 453. The van der Waals surface area contributed by atoms with Gasteiger partial charge in [-0.05, 0) is 19.1 Å². The molecule has 0 aromatic heterocycles. The minimum atomic E-state index is -1.04. The fourth-order valence-corrected chi connectivity index (χ4v) is 1.20. The van der Waals surface area contributed by atoms with E-state index in [-0.39, 0.29) is 12.2 Å². The van der Waals surface area contributed by atoms with E-state index in [1.807, 2.05) is 0 Å². The van der Waals surface area contributed by atoms with Crippen LogP contribution in [0.15, 0.2) is 24.3 Å². The summed E-state index contributed by atoms with van der Waals surface area (Å²) in [6, 6.07) is 5.60. The Morgan fingerprint density at radius 3 is 2.28 bits per heavy atom. The van der Waals surface area contributed by atoms with Gasteiger partial charge in [0.15, 0.2) is 12.4 Å². The van der Waals surface area contributed by atoms with Gasteiger partial charge >= 0.3 is 5.97 Å². The lowest BCUT2D eigenvalue weighted by molar-refractivity contribution is -0.754. The number of carbonyl (C=O) groups is 2. The monoisotopic (exact) mass is 253 g/mol. The van der Waals surface area contributed by atoms with Crippen molar-refractivity contribution in [2.75, 3.05) is 13.2 Å². The first kappa shape index (κ1) is 13.6. The average molecular weight is 253 g/mol. The van der Waals surface area contributed by atoms with E-state index in [1.165, 1.54) is 24.3 Å². The van der Waals surface area contributed by atoms with Crippen LogP contribution in [-0.4, -0.2) is 30.1 Å². The van der Waals surface area contributed by atoms with Gasteiger partial charge in [0.05, 0.1) is 12.2 Å². The number of hydrogen-bond acceptors (Lipinski definition) is 6. The summed E-state index contributed by atoms with van der Waals surface area (Å²) in [5.41, 5.74) is 0.536. The predicted molar refractivity (Wildman–Crippen MR) is 59.7 cm³/mol. The standard InChI is InChI=1S/C11H11NO6/c1-2-17-11(14)9-5-3-8(4-6-9)10(13)7-18-12(15)16/h3-6H,2,7H2,1H3. The van der Waals surface area contributed by atoms with Crippen molar-refractivity contribution in [3.8, 4) is 0 Å². The Hall–Kier alpha value is -2.44. The Kier molecular flexibility index (Phi) is 4.79. The molecule has 0 saturated carbocycles. The van der Waals surface area contributed by atoms with Gasteiger partial charge in [0.2, 0.25) is 0 Å². The zero-order chi connectivity index (χ0) is 13.5. The van der Waals surface area contributed by atoms with E-state index in [4.69, 9.17) is 4.74 Å². The molecule has 0 saturated heterocycles. The molecule has 0 heterocycles. The van der Waals surface area contributed by atoms with Crippen LogP contribution in [0.1, 0.15) is 27.6 Å². The van der Waals surface area contributed by atoms with E-state index in [9.17, 15) is 19.7 Å². The lowest BCUT2D eigenvalue weighted by atomic mass is 10.1. The molecule has 0 N–H and O–H groups in total. The zero-order valence-corrected chi connectivity index (χ0v) is 9.62. The van der Waals surface area contributed by atoms with Crippen molar-refractivity contribution >= 4 is 11.8 Å². The molecule has 0 atom stereocenters. The molecule has 0 fully saturated rings. The topological polar surface area (TPSA) is 95.7 Å². The van der Waals surface area contributed by atoms with Crippen molar-refractivity contribution < 1.29 is 24.3 Å². The van der Waals surface area contributed by atoms with Crippen molar-refractivity contribution in [2.45, 2.75) is 6.92 Å². The molecule has 0 amide bonds. The molecule has 18 heavy (non-hydrogen) atoms. The van der Waals surface area contributed by atoms with Crippen molar-refractivity contribution in [3.05, 3.63) is 45.5 Å². The number of rotatable bonds is 6. The summed E-state index contributed by atoms with van der Waals surface area (Å²) in [6.07, 6.45) is 0. The molecule has 0 bridgehead atoms. The Morgan fingerprint density at radius 2 is 1.78 bits per heavy atom. The molecule has 96 valence electrons. The molecule has 0 spiro atoms. The van der Waals surface area contributed by atoms with Gasteiger partial charge in [-0.1, -0.05) is 12.1 Å². The minimum Gasteiger partial charge on any atom is -0.462 e. The van der Waals surface area contributed by atoms with Crippen LogP contribution in [0.5, 0.6) is 0 Å². The van der Waals surface area contributed by atoms with Crippen LogP contribution in [0, 0.1) is 10.1 Å². The van der Waals surface area contributed by atoms with Gasteiger partial charge in [-0.2, -0.15) is 0 Å². The first-order chi connectivity index (χ1) is 8.54. The third kappa shape index (κ3) is 3.85. The number of esters is 1. The molecule has 7 nitrogen and oxygen atoms in total. The highest BCUT2D eigenvalue weighted by molar-refractivity contribution is 5.98. The van der Waals surface area contributed by atoms with E-state index in [0.717, 1.165) is 0 Å². The van der Waals surface area contributed by atoms with Crippen LogP contribution in [0.25, 0.3) is 0 Å². The Balaban J connectivity index is 2.67. The van der Waals surface area contributed by atoms with Crippen LogP contribution in [-0.2, 0) is 9.57 Å². The van der Waals surface area contributed by atoms with Crippen molar-refractivity contribution in [1.82, 2.24) is 0 Å². The quantitative estimate of drug-likeness (QED) is 0.327. The second-order valence-electron chi connectivity index (χ2n) is 3.22. The fourth-order valence-electron chi connectivity index (χ4n) is 1.20. The molecule has 0 aliphatic rings. The third-order valence-electron chi connectivity index (χ3n) is 2.02. The second-order valence-corrected chi connectivity index (χ2v) is 3.22. The normalized spacial score (nSPS) is 9.61. The Labute approximate surface area is 102 Å². The minimum absolute atomic E-state index is 0.227. The summed E-state index contributed by atoms with van der Waals surface area (Å²) in [7, 11) is 0. The Morgan fingerprint density at radius 1 is 1.22 bits per heavy atom. The fraction of sp³-hybridized carbons (Fsp3) is 0.273. The largest absolute Gasteiger partial charge is 0.462 e. The van der Waals surface area contributed by atoms with Gasteiger partial charge in [0, 0.05) is 5.56 Å². The lowest BCUT2D eigenvalue weighted by Crippen LogP contribution is -2.13. The van der Waals surface area contributed by atoms with E-state index < -0.39 is 23.4 Å².